The Labute approximate surface area is 94.4 Å². The van der Waals surface area contributed by atoms with E-state index in [1.54, 1.807) is 12.4 Å². The molecule has 1 aromatic heterocycles. The van der Waals surface area contributed by atoms with Gasteiger partial charge in [0, 0.05) is 36.7 Å². The number of hydrogen-bond donors (Lipinski definition) is 2. The third kappa shape index (κ3) is 1.99. The molecule has 1 radical (unpaired) electrons. The lowest BCUT2D eigenvalue weighted by Crippen LogP contribution is -2.58. The average molecular weight is 219 g/mol. The van der Waals surface area contributed by atoms with Crippen LogP contribution in [-0.4, -0.2) is 29.5 Å². The van der Waals surface area contributed by atoms with Gasteiger partial charge in [0.15, 0.2) is 0 Å². The van der Waals surface area contributed by atoms with Crippen molar-refractivity contribution < 1.29 is 4.79 Å². The number of amides is 1. The van der Waals surface area contributed by atoms with Crippen LogP contribution in [0.4, 0.5) is 5.69 Å². The highest BCUT2D eigenvalue weighted by Gasteiger charge is 2.33. The van der Waals surface area contributed by atoms with Crippen LogP contribution in [0.15, 0.2) is 18.5 Å². The highest BCUT2D eigenvalue weighted by Crippen LogP contribution is 2.22. The Balaban J connectivity index is 2.27. The number of hydrogen-bond acceptors (Lipinski definition) is 4. The minimum absolute atomic E-state index is 0.201. The number of nitrogens with two attached hydrogens (primary N) is 2. The van der Waals surface area contributed by atoms with Crippen LogP contribution >= 0.6 is 0 Å². The molecule has 16 heavy (non-hydrogen) atoms. The van der Waals surface area contributed by atoms with Crippen LogP contribution in [0.1, 0.15) is 12.8 Å². The van der Waals surface area contributed by atoms with Gasteiger partial charge in [0.1, 0.15) is 6.04 Å². The second-order valence-corrected chi connectivity index (χ2v) is 3.97. The van der Waals surface area contributed by atoms with E-state index >= 15 is 0 Å². The Kier molecular flexibility index (Phi) is 3.05. The summed E-state index contributed by atoms with van der Waals surface area (Å²) in [5.41, 5.74) is 12.2. The molecule has 1 saturated heterocycles. The number of primary amides is 1. The molecule has 1 unspecified atom stereocenters. The van der Waals surface area contributed by atoms with Crippen LogP contribution in [0.2, 0.25) is 0 Å². The van der Waals surface area contributed by atoms with Gasteiger partial charge >= 0.3 is 0 Å². The van der Waals surface area contributed by atoms with Gasteiger partial charge in [-0.25, -0.2) is 0 Å². The molecule has 0 spiro atoms. The van der Waals surface area contributed by atoms with Crippen molar-refractivity contribution in [1.82, 2.24) is 4.98 Å². The van der Waals surface area contributed by atoms with Crippen LogP contribution in [0.25, 0.3) is 0 Å². The van der Waals surface area contributed by atoms with E-state index < -0.39 is 6.04 Å². The molecule has 5 heteroatoms. The van der Waals surface area contributed by atoms with Gasteiger partial charge in [-0.2, -0.15) is 0 Å². The number of aromatic nitrogens is 1. The maximum atomic E-state index is 11.4. The van der Waals surface area contributed by atoms with Gasteiger partial charge < -0.3 is 16.4 Å². The molecule has 2 heterocycles. The average Bonchev–Trinajstić information content (AvgIpc) is 2.29. The normalized spacial score (nSPS) is 25.4. The van der Waals surface area contributed by atoms with Crippen molar-refractivity contribution >= 4 is 11.6 Å². The first-order valence-corrected chi connectivity index (χ1v) is 5.33. The number of rotatable bonds is 2. The number of carbonyl (C=O) groups excluding carboxylic acids is 1. The molecule has 4 N–H and O–H groups in total. The lowest BCUT2D eigenvalue weighted by atomic mass is 9.96. The minimum atomic E-state index is -0.438. The van der Waals surface area contributed by atoms with Crippen LogP contribution in [0.3, 0.4) is 0 Å². The van der Waals surface area contributed by atoms with Crippen molar-refractivity contribution in [2.75, 3.05) is 11.4 Å². The Morgan fingerprint density at radius 3 is 3.06 bits per heavy atom. The fraction of sp³-hybridized carbons (Fsp3) is 0.455. The highest BCUT2D eigenvalue weighted by molar-refractivity contribution is 5.84. The van der Waals surface area contributed by atoms with E-state index in [2.05, 4.69) is 11.1 Å². The number of piperidine rings is 1. The Hall–Kier alpha value is -1.62. The second kappa shape index (κ2) is 4.49. The summed E-state index contributed by atoms with van der Waals surface area (Å²) in [6.45, 7) is 0.780. The van der Waals surface area contributed by atoms with Gasteiger partial charge in [-0.3, -0.25) is 9.78 Å². The summed E-state index contributed by atoms with van der Waals surface area (Å²) in [6.07, 6.45) is 5.04. The predicted octanol–water partition coefficient (Wildman–Crippen LogP) is -0.337. The van der Waals surface area contributed by atoms with Gasteiger partial charge in [0.25, 0.3) is 0 Å². The predicted molar refractivity (Wildman–Crippen MR) is 60.6 cm³/mol. The molecule has 0 saturated carbocycles. The van der Waals surface area contributed by atoms with E-state index in [0.29, 0.717) is 0 Å². The molecule has 1 amide bonds. The van der Waals surface area contributed by atoms with E-state index in [0.717, 1.165) is 25.1 Å². The first kappa shape index (κ1) is 10.9. The first-order chi connectivity index (χ1) is 7.70. The summed E-state index contributed by atoms with van der Waals surface area (Å²) >= 11 is 0. The third-order valence-corrected chi connectivity index (χ3v) is 2.88. The molecule has 0 aromatic carbocycles. The maximum Gasteiger partial charge on any atom is 0.241 e. The van der Waals surface area contributed by atoms with Gasteiger partial charge in [0.2, 0.25) is 5.91 Å². The van der Waals surface area contributed by atoms with E-state index in [1.807, 2.05) is 11.0 Å². The molecular formula is C11H15N4O. The van der Waals surface area contributed by atoms with Crippen molar-refractivity contribution in [3.05, 3.63) is 24.5 Å². The summed E-state index contributed by atoms with van der Waals surface area (Å²) in [4.78, 5) is 17.2. The lowest BCUT2D eigenvalue weighted by Gasteiger charge is -2.39. The number of anilines is 1. The molecule has 1 aliphatic rings. The smallest absolute Gasteiger partial charge is 0.241 e. The van der Waals surface area contributed by atoms with Crippen LogP contribution in [0, 0.1) is 6.07 Å². The molecule has 1 fully saturated rings. The molecule has 0 aliphatic carbocycles. The van der Waals surface area contributed by atoms with E-state index in [1.165, 1.54) is 0 Å². The van der Waals surface area contributed by atoms with E-state index in [9.17, 15) is 4.79 Å². The minimum Gasteiger partial charge on any atom is -0.368 e. The standard InChI is InChI=1S/C11H15N4O/c12-9-2-1-7-15(10(9)11(13)16)8-3-5-14-6-4-8/h3,5-6,9-10H,1-2,7,12H2,(H2,13,16)/t9-,10?/m0/s1. The second-order valence-electron chi connectivity index (χ2n) is 3.97. The van der Waals surface area contributed by atoms with Gasteiger partial charge in [-0.15, -0.1) is 0 Å². The topological polar surface area (TPSA) is 85.2 Å². The van der Waals surface area contributed by atoms with Crippen molar-refractivity contribution in [3.63, 3.8) is 0 Å². The van der Waals surface area contributed by atoms with E-state index in [4.69, 9.17) is 11.5 Å². The first-order valence-electron chi connectivity index (χ1n) is 5.33. The maximum absolute atomic E-state index is 11.4. The van der Waals surface area contributed by atoms with Gasteiger partial charge in [-0.1, -0.05) is 0 Å². The Morgan fingerprint density at radius 2 is 2.44 bits per heavy atom. The van der Waals surface area contributed by atoms with Crippen molar-refractivity contribution in [2.24, 2.45) is 11.5 Å². The zero-order valence-electron chi connectivity index (χ0n) is 8.97. The molecule has 2 atom stereocenters. The molecule has 1 aliphatic heterocycles. The zero-order chi connectivity index (χ0) is 11.5. The largest absolute Gasteiger partial charge is 0.368 e. The third-order valence-electron chi connectivity index (χ3n) is 2.88. The number of pyridine rings is 1. The summed E-state index contributed by atoms with van der Waals surface area (Å²) in [6, 6.07) is 4.17. The van der Waals surface area contributed by atoms with Gasteiger partial charge in [-0.05, 0) is 18.9 Å². The summed E-state index contributed by atoms with van der Waals surface area (Å²) in [5, 5.41) is 0. The molecule has 2 rings (SSSR count). The molecule has 1 aromatic rings. The summed E-state index contributed by atoms with van der Waals surface area (Å²) in [5.74, 6) is -0.377. The summed E-state index contributed by atoms with van der Waals surface area (Å²) < 4.78 is 0. The number of carbonyl (C=O) groups is 1. The Morgan fingerprint density at radius 1 is 1.62 bits per heavy atom. The van der Waals surface area contributed by atoms with E-state index in [-0.39, 0.29) is 11.9 Å². The molecular weight excluding hydrogens is 204 g/mol. The number of nitrogens with zero attached hydrogens (tertiary/aromatic N) is 2. The highest BCUT2D eigenvalue weighted by atomic mass is 16.1. The molecule has 0 bridgehead atoms. The van der Waals surface area contributed by atoms with Crippen LogP contribution in [-0.2, 0) is 4.79 Å². The fourth-order valence-corrected chi connectivity index (χ4v) is 2.15. The monoisotopic (exact) mass is 219 g/mol. The summed E-state index contributed by atoms with van der Waals surface area (Å²) in [7, 11) is 0. The van der Waals surface area contributed by atoms with Gasteiger partial charge in [0.05, 0.1) is 0 Å². The zero-order valence-corrected chi connectivity index (χ0v) is 8.97. The van der Waals surface area contributed by atoms with Crippen molar-refractivity contribution in [1.29, 1.82) is 0 Å². The van der Waals surface area contributed by atoms with Crippen molar-refractivity contribution in [3.8, 4) is 0 Å². The lowest BCUT2D eigenvalue weighted by molar-refractivity contribution is -0.120. The quantitative estimate of drug-likeness (QED) is 0.712. The molecule has 5 nitrogen and oxygen atoms in total. The van der Waals surface area contributed by atoms with Crippen molar-refractivity contribution in [2.45, 2.75) is 24.9 Å². The van der Waals surface area contributed by atoms with Crippen LogP contribution < -0.4 is 16.4 Å². The molecule has 85 valence electrons. The van der Waals surface area contributed by atoms with Crippen LogP contribution in [0.5, 0.6) is 0 Å². The Bertz CT molecular complexity index is 368. The fourth-order valence-electron chi connectivity index (χ4n) is 2.15. The SMILES string of the molecule is NC(=O)C1[C@@H](N)CCCN1c1[c]cncc1.